The van der Waals surface area contributed by atoms with E-state index in [1.54, 1.807) is 17.4 Å². The summed E-state index contributed by atoms with van der Waals surface area (Å²) in [4.78, 5) is 15.6. The van der Waals surface area contributed by atoms with E-state index in [1.165, 1.54) is 0 Å². The predicted octanol–water partition coefficient (Wildman–Crippen LogP) is 6.14. The van der Waals surface area contributed by atoms with Gasteiger partial charge in [-0.25, -0.2) is 0 Å². The van der Waals surface area contributed by atoms with Gasteiger partial charge in [0.1, 0.15) is 5.75 Å². The number of amides is 1. The molecule has 1 aromatic carbocycles. The largest absolute Gasteiger partial charge is 0.493 e. The number of carbonyl (C=O) groups excluding carboxylic acids is 1. The molecule has 3 rings (SSSR count). The normalized spacial score (nSPS) is 15.6. The number of nitrogens with two attached hydrogens (primary N) is 1. The Labute approximate surface area is 212 Å². The van der Waals surface area contributed by atoms with Crippen LogP contribution in [0.3, 0.4) is 0 Å². The summed E-state index contributed by atoms with van der Waals surface area (Å²) in [6, 6.07) is 5.91. The molecule has 1 amide bonds. The number of unbranched alkanes of at least 4 members (excludes halogenated alkanes) is 1. The summed E-state index contributed by atoms with van der Waals surface area (Å²) in [5.74, 6) is 0.106. The monoisotopic (exact) mass is 492 g/mol. The lowest BCUT2D eigenvalue weighted by atomic mass is 10.1. The van der Waals surface area contributed by atoms with Crippen LogP contribution >= 0.6 is 11.3 Å². The standard InChI is InChI=1S/C29H36N2O3S/c1-3-4-5-6-7-8-9-10-13-23(2)27-21-24-20-25(29(30)32)26(22-28(24)35-27)34-17-12-11-14-31-15-18-33-19-16-31/h3-5,7-10,13,20-22H,1,6,11-12,14-19H2,2H3,(H2,30,32)/b5-4+,8-7+,10-9+,23-13-. The summed E-state index contributed by atoms with van der Waals surface area (Å²) < 4.78 is 12.5. The summed E-state index contributed by atoms with van der Waals surface area (Å²) in [5.41, 5.74) is 7.26. The average molecular weight is 493 g/mol. The van der Waals surface area contributed by atoms with Gasteiger partial charge in [-0.2, -0.15) is 0 Å². The van der Waals surface area contributed by atoms with E-state index in [2.05, 4.69) is 42.7 Å². The van der Waals surface area contributed by atoms with Gasteiger partial charge in [0.2, 0.25) is 0 Å². The van der Waals surface area contributed by atoms with E-state index in [0.717, 1.165) is 72.6 Å². The first-order valence-electron chi connectivity index (χ1n) is 12.2. The Morgan fingerprint density at radius 1 is 1.14 bits per heavy atom. The van der Waals surface area contributed by atoms with Crippen LogP contribution in [0, 0.1) is 0 Å². The maximum atomic E-state index is 12.1. The number of nitrogens with zero attached hydrogens (tertiary/aromatic N) is 1. The van der Waals surface area contributed by atoms with Crippen molar-refractivity contribution in [1.29, 1.82) is 0 Å². The summed E-state index contributed by atoms with van der Waals surface area (Å²) in [5, 5.41) is 1.00. The zero-order valence-electron chi connectivity index (χ0n) is 20.6. The highest BCUT2D eigenvalue weighted by atomic mass is 32.1. The number of allylic oxidation sites excluding steroid dienone is 9. The fourth-order valence-electron chi connectivity index (χ4n) is 3.78. The Morgan fingerprint density at radius 3 is 2.71 bits per heavy atom. The number of carbonyl (C=O) groups is 1. The minimum Gasteiger partial charge on any atom is -0.493 e. The van der Waals surface area contributed by atoms with E-state index in [4.69, 9.17) is 15.2 Å². The Kier molecular flexibility index (Phi) is 11.0. The van der Waals surface area contributed by atoms with Gasteiger partial charge < -0.3 is 15.2 Å². The van der Waals surface area contributed by atoms with Crippen molar-refractivity contribution in [2.24, 2.45) is 5.73 Å². The molecule has 1 aliphatic rings. The van der Waals surface area contributed by atoms with Gasteiger partial charge in [0.15, 0.2) is 0 Å². The smallest absolute Gasteiger partial charge is 0.252 e. The molecule has 5 nitrogen and oxygen atoms in total. The fraction of sp³-hybridized carbons (Fsp3) is 0.345. The number of rotatable bonds is 13. The molecular formula is C29H36N2O3S. The van der Waals surface area contributed by atoms with Crippen molar-refractivity contribution in [3.8, 4) is 5.75 Å². The van der Waals surface area contributed by atoms with Crippen molar-refractivity contribution >= 4 is 32.9 Å². The van der Waals surface area contributed by atoms with E-state index in [-0.39, 0.29) is 0 Å². The first kappa shape index (κ1) is 26.7. The molecule has 2 aromatic rings. The minimum atomic E-state index is -0.465. The lowest BCUT2D eigenvalue weighted by molar-refractivity contribution is 0.0368. The van der Waals surface area contributed by atoms with Crippen LogP contribution < -0.4 is 10.5 Å². The van der Waals surface area contributed by atoms with Crippen LogP contribution in [0.4, 0.5) is 0 Å². The molecule has 0 radical (unpaired) electrons. The molecule has 1 aliphatic heterocycles. The van der Waals surface area contributed by atoms with Crippen LogP contribution in [-0.2, 0) is 4.74 Å². The van der Waals surface area contributed by atoms with Crippen molar-refractivity contribution in [1.82, 2.24) is 4.90 Å². The highest BCUT2D eigenvalue weighted by Gasteiger charge is 2.14. The van der Waals surface area contributed by atoms with E-state index in [1.807, 2.05) is 36.4 Å². The second-order valence-electron chi connectivity index (χ2n) is 8.43. The highest BCUT2D eigenvalue weighted by Crippen LogP contribution is 2.35. The molecule has 0 unspecified atom stereocenters. The van der Waals surface area contributed by atoms with Gasteiger partial charge in [0, 0.05) is 22.7 Å². The number of fused-ring (bicyclic) bond motifs is 1. The number of primary amides is 1. The number of ether oxygens (including phenoxy) is 2. The molecule has 0 bridgehead atoms. The third kappa shape index (κ3) is 8.66. The Balaban J connectivity index is 1.60. The van der Waals surface area contributed by atoms with Crippen molar-refractivity contribution < 1.29 is 14.3 Å². The molecule has 0 saturated carbocycles. The van der Waals surface area contributed by atoms with E-state index in [0.29, 0.717) is 17.9 Å². The number of thiophene rings is 1. The van der Waals surface area contributed by atoms with Gasteiger partial charge in [-0.3, -0.25) is 9.69 Å². The Bertz CT molecular complexity index is 1100. The minimum absolute atomic E-state index is 0.437. The second-order valence-corrected chi connectivity index (χ2v) is 9.52. The van der Waals surface area contributed by atoms with Gasteiger partial charge in [0.25, 0.3) is 5.91 Å². The lowest BCUT2D eigenvalue weighted by Gasteiger charge is -2.26. The summed E-state index contributed by atoms with van der Waals surface area (Å²) in [6.45, 7) is 11.0. The van der Waals surface area contributed by atoms with Gasteiger partial charge in [-0.1, -0.05) is 55.2 Å². The zero-order chi connectivity index (χ0) is 24.9. The molecule has 0 aliphatic carbocycles. The molecule has 6 heteroatoms. The van der Waals surface area contributed by atoms with Crippen LogP contribution in [0.15, 0.2) is 73.4 Å². The molecule has 186 valence electrons. The van der Waals surface area contributed by atoms with Crippen LogP contribution in [0.25, 0.3) is 15.7 Å². The van der Waals surface area contributed by atoms with E-state index in [9.17, 15) is 4.79 Å². The third-order valence-electron chi connectivity index (χ3n) is 5.75. The fourth-order valence-corrected chi connectivity index (χ4v) is 4.83. The Morgan fingerprint density at radius 2 is 1.94 bits per heavy atom. The number of morpholine rings is 1. The van der Waals surface area contributed by atoms with Crippen LogP contribution in [-0.4, -0.2) is 50.3 Å². The van der Waals surface area contributed by atoms with Gasteiger partial charge in [-0.05, 0) is 61.9 Å². The maximum Gasteiger partial charge on any atom is 0.252 e. The first-order valence-corrected chi connectivity index (χ1v) is 13.0. The average Bonchev–Trinajstić information content (AvgIpc) is 3.28. The van der Waals surface area contributed by atoms with Crippen LogP contribution in [0.5, 0.6) is 5.75 Å². The molecule has 1 aromatic heterocycles. The van der Waals surface area contributed by atoms with Crippen molar-refractivity contribution in [2.45, 2.75) is 26.2 Å². The summed E-state index contributed by atoms with van der Waals surface area (Å²) >= 11 is 1.69. The van der Waals surface area contributed by atoms with Crippen molar-refractivity contribution in [3.05, 3.63) is 83.8 Å². The maximum absolute atomic E-state index is 12.1. The second kappa shape index (κ2) is 14.5. The molecular weight excluding hydrogens is 456 g/mol. The molecule has 2 heterocycles. The highest BCUT2D eigenvalue weighted by molar-refractivity contribution is 7.20. The van der Waals surface area contributed by atoms with Crippen LogP contribution in [0.1, 0.15) is 41.4 Å². The third-order valence-corrected chi connectivity index (χ3v) is 6.98. The van der Waals surface area contributed by atoms with Crippen molar-refractivity contribution in [2.75, 3.05) is 39.5 Å². The molecule has 35 heavy (non-hydrogen) atoms. The summed E-state index contributed by atoms with van der Waals surface area (Å²) in [7, 11) is 0. The molecule has 2 N–H and O–H groups in total. The Hall–Kier alpha value is -2.93. The molecule has 0 atom stereocenters. The number of hydrogen-bond acceptors (Lipinski definition) is 5. The number of hydrogen-bond donors (Lipinski definition) is 1. The summed E-state index contributed by atoms with van der Waals surface area (Å²) in [6.07, 6.45) is 18.9. The lowest BCUT2D eigenvalue weighted by Crippen LogP contribution is -2.36. The van der Waals surface area contributed by atoms with Crippen molar-refractivity contribution in [3.63, 3.8) is 0 Å². The van der Waals surface area contributed by atoms with E-state index >= 15 is 0 Å². The van der Waals surface area contributed by atoms with E-state index < -0.39 is 5.91 Å². The molecule has 1 saturated heterocycles. The van der Waals surface area contributed by atoms with Crippen LogP contribution in [0.2, 0.25) is 0 Å². The van der Waals surface area contributed by atoms with Gasteiger partial charge in [0.05, 0.1) is 25.4 Å². The zero-order valence-corrected chi connectivity index (χ0v) is 21.4. The van der Waals surface area contributed by atoms with Gasteiger partial charge >= 0.3 is 0 Å². The SMILES string of the molecule is C=C/C=C/C/C=C/C=C/C=C(/C)c1cc2cc(C(N)=O)c(OCCCCN3CCOCC3)cc2s1. The topological polar surface area (TPSA) is 64.8 Å². The van der Waals surface area contributed by atoms with Gasteiger partial charge in [-0.15, -0.1) is 11.3 Å². The molecule has 0 spiro atoms. The number of benzene rings is 1. The molecule has 1 fully saturated rings. The first-order chi connectivity index (χ1) is 17.1. The quantitative estimate of drug-likeness (QED) is 0.269. The predicted molar refractivity (Wildman–Crippen MR) is 148 cm³/mol.